The number of carboxylic acid groups (broad SMARTS) is 3. The molecular formula is C28H32F9N3O8. The molecule has 0 bridgehead atoms. The van der Waals surface area contributed by atoms with Gasteiger partial charge in [-0.2, -0.15) is 39.5 Å². The maximum absolute atomic E-state index is 10.6. The lowest BCUT2D eigenvalue weighted by atomic mass is 9.78. The summed E-state index contributed by atoms with van der Waals surface area (Å²) in [6.45, 7) is 5.53. The van der Waals surface area contributed by atoms with Crippen LogP contribution in [0.15, 0.2) is 49.1 Å². The average Bonchev–Trinajstić information content (AvgIpc) is 3.38. The van der Waals surface area contributed by atoms with Crippen molar-refractivity contribution in [2.45, 2.75) is 63.0 Å². The highest BCUT2D eigenvalue weighted by atomic mass is 19.4. The van der Waals surface area contributed by atoms with Crippen molar-refractivity contribution in [2.75, 3.05) is 26.3 Å². The zero-order chi connectivity index (χ0) is 36.6. The minimum absolute atomic E-state index is 0.0725. The molecule has 0 saturated carbocycles. The minimum atomic E-state index is -5.08. The largest absolute Gasteiger partial charge is 0.490 e. The molecule has 4 rings (SSSR count). The van der Waals surface area contributed by atoms with Gasteiger partial charge in [-0.1, -0.05) is 12.1 Å². The summed E-state index contributed by atoms with van der Waals surface area (Å²) >= 11 is 0. The molecule has 2 aliphatic heterocycles. The van der Waals surface area contributed by atoms with Crippen LogP contribution >= 0.6 is 0 Å². The number of carbonyl (C=O) groups is 3. The van der Waals surface area contributed by atoms with Crippen molar-refractivity contribution in [3.8, 4) is 0 Å². The molecule has 0 aliphatic carbocycles. The van der Waals surface area contributed by atoms with Crippen molar-refractivity contribution in [2.24, 2.45) is 5.92 Å². The van der Waals surface area contributed by atoms with Crippen LogP contribution in [0.1, 0.15) is 36.8 Å². The van der Waals surface area contributed by atoms with E-state index in [0.717, 1.165) is 57.7 Å². The topological polar surface area (TPSA) is 159 Å². The zero-order valence-electron chi connectivity index (χ0n) is 24.9. The highest BCUT2D eigenvalue weighted by Crippen LogP contribution is 2.42. The third-order valence-electron chi connectivity index (χ3n) is 6.76. The molecule has 1 spiro atoms. The van der Waals surface area contributed by atoms with Gasteiger partial charge in [0.1, 0.15) is 0 Å². The summed E-state index contributed by atoms with van der Waals surface area (Å²) in [5.74, 6) is -7.65. The van der Waals surface area contributed by atoms with Crippen LogP contribution in [-0.2, 0) is 37.0 Å². The van der Waals surface area contributed by atoms with Gasteiger partial charge in [-0.15, -0.1) is 0 Å². The standard InChI is InChI=1S/C22H29N3O2.3C2HF3O2/c1-3-19(15-23-9-1)17-25-11-7-22(8-12-25)21(6-14-27-22)5-13-26-18-20-4-2-10-24-16-20;3*3-2(4,5)1(6)7/h1-4,9-10,15-16,21H,5-8,11-14,17-18H2;3*(H,6,7). The van der Waals surface area contributed by atoms with E-state index in [9.17, 15) is 39.5 Å². The third-order valence-corrected chi connectivity index (χ3v) is 6.76. The van der Waals surface area contributed by atoms with Gasteiger partial charge >= 0.3 is 36.4 Å². The number of hydrogen-bond donors (Lipinski definition) is 3. The van der Waals surface area contributed by atoms with Crippen LogP contribution in [0.2, 0.25) is 0 Å². The van der Waals surface area contributed by atoms with Gasteiger partial charge < -0.3 is 24.8 Å². The van der Waals surface area contributed by atoms with E-state index in [1.807, 2.05) is 30.7 Å². The number of aliphatic carboxylic acids is 3. The molecule has 48 heavy (non-hydrogen) atoms. The van der Waals surface area contributed by atoms with Gasteiger partial charge in [0, 0.05) is 57.6 Å². The summed E-state index contributed by atoms with van der Waals surface area (Å²) in [7, 11) is 0. The van der Waals surface area contributed by atoms with E-state index in [-0.39, 0.29) is 5.60 Å². The second kappa shape index (κ2) is 19.1. The molecule has 270 valence electrons. The van der Waals surface area contributed by atoms with E-state index in [2.05, 4.69) is 27.0 Å². The fourth-order valence-corrected chi connectivity index (χ4v) is 4.48. The maximum atomic E-state index is 10.6. The summed E-state index contributed by atoms with van der Waals surface area (Å²) in [5, 5.41) is 21.4. The first-order chi connectivity index (χ1) is 22.2. The smallest absolute Gasteiger partial charge is 0.475 e. The fraction of sp³-hybridized carbons (Fsp3) is 0.536. The van der Waals surface area contributed by atoms with Crippen LogP contribution in [0.3, 0.4) is 0 Å². The molecule has 2 fully saturated rings. The van der Waals surface area contributed by atoms with Gasteiger partial charge in [0.05, 0.1) is 12.2 Å². The van der Waals surface area contributed by atoms with Gasteiger partial charge in [-0.05, 0) is 54.9 Å². The number of nitrogens with zero attached hydrogens (tertiary/aromatic N) is 3. The molecule has 11 nitrogen and oxygen atoms in total. The van der Waals surface area contributed by atoms with E-state index in [1.165, 1.54) is 12.0 Å². The van der Waals surface area contributed by atoms with Crippen LogP contribution in [-0.4, -0.2) is 98.5 Å². The summed E-state index contributed by atoms with van der Waals surface area (Å²) in [6, 6.07) is 8.19. The first-order valence-electron chi connectivity index (χ1n) is 13.8. The molecule has 1 atom stereocenters. The lowest BCUT2D eigenvalue weighted by molar-refractivity contribution is -0.193. The Hall–Kier alpha value is -4.04. The van der Waals surface area contributed by atoms with Crippen molar-refractivity contribution in [3.05, 3.63) is 60.2 Å². The molecule has 4 heterocycles. The summed E-state index contributed by atoms with van der Waals surface area (Å²) in [4.78, 5) is 37.6. The number of ether oxygens (including phenoxy) is 2. The maximum Gasteiger partial charge on any atom is 0.490 e. The zero-order valence-corrected chi connectivity index (χ0v) is 24.9. The first-order valence-corrected chi connectivity index (χ1v) is 13.8. The number of hydrogen-bond acceptors (Lipinski definition) is 8. The van der Waals surface area contributed by atoms with Gasteiger partial charge in [-0.3, -0.25) is 14.9 Å². The van der Waals surface area contributed by atoms with Gasteiger partial charge in [0.15, 0.2) is 0 Å². The summed E-state index contributed by atoms with van der Waals surface area (Å²) in [5.41, 5.74) is 2.50. The van der Waals surface area contributed by atoms with Crippen LogP contribution < -0.4 is 0 Å². The second-order valence-corrected chi connectivity index (χ2v) is 10.1. The number of piperidine rings is 1. The van der Waals surface area contributed by atoms with Crippen molar-refractivity contribution >= 4 is 17.9 Å². The van der Waals surface area contributed by atoms with E-state index in [0.29, 0.717) is 12.5 Å². The third kappa shape index (κ3) is 16.2. The molecule has 2 aromatic heterocycles. The normalized spacial score (nSPS) is 17.5. The molecule has 0 aromatic carbocycles. The Kier molecular flexibility index (Phi) is 16.7. The number of halogens is 9. The van der Waals surface area contributed by atoms with E-state index in [4.69, 9.17) is 39.2 Å². The molecule has 1 unspecified atom stereocenters. The Bertz CT molecular complexity index is 1200. The number of rotatable bonds is 7. The van der Waals surface area contributed by atoms with Crippen molar-refractivity contribution < 1.29 is 78.7 Å². The van der Waals surface area contributed by atoms with Crippen LogP contribution in [0.5, 0.6) is 0 Å². The number of carboxylic acids is 3. The number of aromatic nitrogens is 2. The molecule has 2 aromatic rings. The Morgan fingerprint density at radius 2 is 1.25 bits per heavy atom. The Morgan fingerprint density at radius 1 is 0.812 bits per heavy atom. The molecule has 0 amide bonds. The van der Waals surface area contributed by atoms with E-state index < -0.39 is 36.4 Å². The Balaban J connectivity index is 0.000000448. The molecule has 20 heteroatoms. The Labute approximate surface area is 267 Å². The summed E-state index contributed by atoms with van der Waals surface area (Å²) < 4.78 is 107. The second-order valence-electron chi connectivity index (χ2n) is 10.1. The molecule has 2 aliphatic rings. The fourth-order valence-electron chi connectivity index (χ4n) is 4.48. The highest BCUT2D eigenvalue weighted by molar-refractivity contribution is 5.73. The molecule has 3 N–H and O–H groups in total. The average molecular weight is 710 g/mol. The predicted molar refractivity (Wildman–Crippen MR) is 145 cm³/mol. The molecule has 0 radical (unpaired) electrons. The van der Waals surface area contributed by atoms with Gasteiger partial charge in [0.25, 0.3) is 0 Å². The minimum Gasteiger partial charge on any atom is -0.475 e. The number of pyridine rings is 2. The lowest BCUT2D eigenvalue weighted by Crippen LogP contribution is -2.47. The van der Waals surface area contributed by atoms with E-state index in [1.54, 1.807) is 6.20 Å². The number of alkyl halides is 9. The van der Waals surface area contributed by atoms with Crippen molar-refractivity contribution in [1.82, 2.24) is 14.9 Å². The first kappa shape index (κ1) is 42.0. The van der Waals surface area contributed by atoms with Crippen LogP contribution in [0.25, 0.3) is 0 Å². The van der Waals surface area contributed by atoms with Gasteiger partial charge in [-0.25, -0.2) is 14.4 Å². The quantitative estimate of drug-likeness (QED) is 0.251. The SMILES string of the molecule is O=C(O)C(F)(F)F.O=C(O)C(F)(F)F.O=C(O)C(F)(F)F.c1cncc(COCCC2CCOC23CCN(Cc2cccnc2)CC3)c1. The van der Waals surface area contributed by atoms with E-state index >= 15 is 0 Å². The Morgan fingerprint density at radius 3 is 1.65 bits per heavy atom. The van der Waals surface area contributed by atoms with Crippen molar-refractivity contribution in [1.29, 1.82) is 0 Å². The van der Waals surface area contributed by atoms with Crippen LogP contribution in [0.4, 0.5) is 39.5 Å². The predicted octanol–water partition coefficient (Wildman–Crippen LogP) is 5.35. The summed E-state index contributed by atoms with van der Waals surface area (Å²) in [6.07, 6.45) is -3.27. The highest BCUT2D eigenvalue weighted by Gasteiger charge is 2.45. The monoisotopic (exact) mass is 709 g/mol. The molecule has 2 saturated heterocycles. The lowest BCUT2D eigenvalue weighted by Gasteiger charge is -2.42. The van der Waals surface area contributed by atoms with Crippen molar-refractivity contribution in [3.63, 3.8) is 0 Å². The molecular weight excluding hydrogens is 677 g/mol. The number of likely N-dealkylation sites (tertiary alicyclic amines) is 1. The van der Waals surface area contributed by atoms with Crippen LogP contribution in [0, 0.1) is 5.92 Å². The van der Waals surface area contributed by atoms with Gasteiger partial charge in [0.2, 0.25) is 0 Å².